The summed E-state index contributed by atoms with van der Waals surface area (Å²) in [6, 6.07) is 8.50. The Morgan fingerprint density at radius 2 is 2.00 bits per heavy atom. The van der Waals surface area contributed by atoms with E-state index >= 15 is 0 Å². The molecule has 0 unspecified atom stereocenters. The molecule has 0 amide bonds. The van der Waals surface area contributed by atoms with Gasteiger partial charge < -0.3 is 9.67 Å². The van der Waals surface area contributed by atoms with Gasteiger partial charge in [0.15, 0.2) is 0 Å². The molecule has 1 aromatic heterocycles. The molecule has 27 heavy (non-hydrogen) atoms. The van der Waals surface area contributed by atoms with Gasteiger partial charge in [-0.3, -0.25) is 0 Å². The zero-order valence-electron chi connectivity index (χ0n) is 15.5. The third kappa shape index (κ3) is 2.38. The minimum Gasteiger partial charge on any atom is -0.392 e. The molecule has 3 aliphatic rings. The van der Waals surface area contributed by atoms with Crippen LogP contribution in [-0.2, 0) is 10.0 Å². The lowest BCUT2D eigenvalue weighted by atomic mass is 9.53. The fourth-order valence-corrected chi connectivity index (χ4v) is 6.59. The zero-order valence-corrected chi connectivity index (χ0v) is 16.3. The first-order chi connectivity index (χ1) is 13.0. The van der Waals surface area contributed by atoms with Crippen LogP contribution in [0.3, 0.4) is 0 Å². The van der Waals surface area contributed by atoms with Gasteiger partial charge in [-0.2, -0.15) is 0 Å². The topological polar surface area (TPSA) is 75.4 Å². The van der Waals surface area contributed by atoms with Crippen molar-refractivity contribution in [1.82, 2.24) is 13.9 Å². The first kappa shape index (κ1) is 17.4. The van der Waals surface area contributed by atoms with Gasteiger partial charge in [0.2, 0.25) is 10.0 Å². The minimum atomic E-state index is -3.14. The van der Waals surface area contributed by atoms with Gasteiger partial charge in [-0.25, -0.2) is 17.7 Å². The average molecular weight is 388 g/mol. The maximum Gasteiger partial charge on any atom is 0.213 e. The number of benzene rings is 1. The fourth-order valence-electron chi connectivity index (χ4n) is 5.48. The molecule has 7 heteroatoms. The SMILES string of the molecule is CCS(=O)(=O)N1CCC2(CC1)C[C@H]([C@@H]1c3ccccc3-c3cncn31)[C@H]2O. The molecule has 1 saturated carbocycles. The molecular weight excluding hydrogens is 362 g/mol. The molecule has 2 aliphatic heterocycles. The smallest absolute Gasteiger partial charge is 0.213 e. The Balaban J connectivity index is 1.37. The van der Waals surface area contributed by atoms with E-state index < -0.39 is 16.1 Å². The molecule has 1 aromatic carbocycles. The van der Waals surface area contributed by atoms with E-state index in [1.165, 1.54) is 11.1 Å². The van der Waals surface area contributed by atoms with Gasteiger partial charge >= 0.3 is 0 Å². The van der Waals surface area contributed by atoms with Crippen LogP contribution in [0.2, 0.25) is 0 Å². The second kappa shape index (κ2) is 5.90. The van der Waals surface area contributed by atoms with E-state index in [9.17, 15) is 13.5 Å². The Morgan fingerprint density at radius 3 is 2.70 bits per heavy atom. The number of imidazole rings is 1. The van der Waals surface area contributed by atoms with Gasteiger partial charge in [-0.15, -0.1) is 0 Å². The summed E-state index contributed by atoms with van der Waals surface area (Å²) in [6.45, 7) is 2.74. The second-order valence-corrected chi connectivity index (χ2v) is 10.5. The van der Waals surface area contributed by atoms with Crippen LogP contribution in [0.15, 0.2) is 36.8 Å². The first-order valence-electron chi connectivity index (χ1n) is 9.74. The number of nitrogens with zero attached hydrogens (tertiary/aromatic N) is 3. The Labute approximate surface area is 159 Å². The van der Waals surface area contributed by atoms with Crippen molar-refractivity contribution in [2.24, 2.45) is 11.3 Å². The number of aliphatic hydroxyl groups is 1. The lowest BCUT2D eigenvalue weighted by Crippen LogP contribution is -2.59. The zero-order chi connectivity index (χ0) is 18.8. The summed E-state index contributed by atoms with van der Waals surface area (Å²) >= 11 is 0. The Bertz CT molecular complexity index is 976. The highest BCUT2D eigenvalue weighted by atomic mass is 32.2. The molecule has 5 rings (SSSR count). The fraction of sp³-hybridized carbons (Fsp3) is 0.550. The van der Waals surface area contributed by atoms with E-state index in [1.807, 2.05) is 18.6 Å². The summed E-state index contributed by atoms with van der Waals surface area (Å²) < 4.78 is 28.0. The summed E-state index contributed by atoms with van der Waals surface area (Å²) in [6.07, 6.45) is 5.78. The van der Waals surface area contributed by atoms with Crippen LogP contribution < -0.4 is 0 Å². The van der Waals surface area contributed by atoms with Gasteiger partial charge in [0.1, 0.15) is 0 Å². The maximum atomic E-state index is 12.1. The normalized spacial score (nSPS) is 29.3. The summed E-state index contributed by atoms with van der Waals surface area (Å²) in [7, 11) is -3.14. The van der Waals surface area contributed by atoms with E-state index in [4.69, 9.17) is 0 Å². The van der Waals surface area contributed by atoms with Crippen molar-refractivity contribution >= 4 is 10.0 Å². The molecular formula is C20H25N3O3S. The van der Waals surface area contributed by atoms with Gasteiger partial charge in [-0.1, -0.05) is 24.3 Å². The highest BCUT2D eigenvalue weighted by Crippen LogP contribution is 2.59. The molecule has 144 valence electrons. The number of sulfonamides is 1. The molecule has 1 N–H and O–H groups in total. The molecule has 3 atom stereocenters. The van der Waals surface area contributed by atoms with Crippen molar-refractivity contribution in [3.05, 3.63) is 42.4 Å². The molecule has 1 saturated heterocycles. The second-order valence-electron chi connectivity index (χ2n) is 8.19. The minimum absolute atomic E-state index is 0.122. The van der Waals surface area contributed by atoms with E-state index in [0.29, 0.717) is 13.1 Å². The van der Waals surface area contributed by atoms with Crippen LogP contribution in [0, 0.1) is 11.3 Å². The Hall–Kier alpha value is -1.70. The number of hydrogen-bond acceptors (Lipinski definition) is 4. The number of rotatable bonds is 3. The summed E-state index contributed by atoms with van der Waals surface area (Å²) in [4.78, 5) is 4.32. The van der Waals surface area contributed by atoms with Crippen LogP contribution in [0.4, 0.5) is 0 Å². The first-order valence-corrected chi connectivity index (χ1v) is 11.3. The van der Waals surface area contributed by atoms with Crippen LogP contribution in [0.1, 0.15) is 37.8 Å². The Morgan fingerprint density at radius 1 is 1.26 bits per heavy atom. The highest BCUT2D eigenvalue weighted by Gasteiger charge is 2.58. The third-order valence-electron chi connectivity index (χ3n) is 7.08. The molecule has 2 fully saturated rings. The predicted octanol–water partition coefficient (Wildman–Crippen LogP) is 2.27. The molecule has 2 aromatic rings. The molecule has 0 radical (unpaired) electrons. The van der Waals surface area contributed by atoms with E-state index in [2.05, 4.69) is 27.8 Å². The lowest BCUT2D eigenvalue weighted by Gasteiger charge is -2.57. The van der Waals surface area contributed by atoms with E-state index in [-0.39, 0.29) is 23.1 Å². The molecule has 0 bridgehead atoms. The molecule has 1 aliphatic carbocycles. The largest absolute Gasteiger partial charge is 0.392 e. The van der Waals surface area contributed by atoms with Crippen molar-refractivity contribution in [1.29, 1.82) is 0 Å². The lowest BCUT2D eigenvalue weighted by molar-refractivity contribution is -0.152. The van der Waals surface area contributed by atoms with Gasteiger partial charge in [0, 0.05) is 24.6 Å². The van der Waals surface area contributed by atoms with Crippen LogP contribution >= 0.6 is 0 Å². The quantitative estimate of drug-likeness (QED) is 0.877. The highest BCUT2D eigenvalue weighted by molar-refractivity contribution is 7.89. The third-order valence-corrected chi connectivity index (χ3v) is 8.96. The van der Waals surface area contributed by atoms with Crippen LogP contribution in [0.25, 0.3) is 11.3 Å². The average Bonchev–Trinajstić information content (AvgIpc) is 3.27. The number of hydrogen-bond donors (Lipinski definition) is 1. The van der Waals surface area contributed by atoms with Crippen LogP contribution in [0.5, 0.6) is 0 Å². The van der Waals surface area contributed by atoms with Crippen molar-refractivity contribution < 1.29 is 13.5 Å². The standard InChI is InChI=1S/C20H25N3O3S/c1-2-27(25,26)22-9-7-20(8-10-22)11-16(19(20)24)18-15-6-4-3-5-14(15)17-12-21-13-23(17)18/h3-6,12-13,16,18-19,24H,2,7-11H2,1H3/t16-,18+,19-/m1/s1. The maximum absolute atomic E-state index is 12.1. The summed E-state index contributed by atoms with van der Waals surface area (Å²) in [5.74, 6) is 0.295. The van der Waals surface area contributed by atoms with Gasteiger partial charge in [0.05, 0.1) is 36.1 Å². The van der Waals surface area contributed by atoms with Crippen molar-refractivity contribution in [2.75, 3.05) is 18.8 Å². The molecule has 3 heterocycles. The number of fused-ring (bicyclic) bond motifs is 3. The van der Waals surface area contributed by atoms with Crippen molar-refractivity contribution in [3.8, 4) is 11.3 Å². The van der Waals surface area contributed by atoms with Crippen molar-refractivity contribution in [3.63, 3.8) is 0 Å². The number of aromatic nitrogens is 2. The number of aliphatic hydroxyl groups excluding tert-OH is 1. The number of piperidine rings is 1. The summed E-state index contributed by atoms with van der Waals surface area (Å²) in [5.41, 5.74) is 3.45. The summed E-state index contributed by atoms with van der Waals surface area (Å²) in [5, 5.41) is 11.2. The molecule has 1 spiro atoms. The van der Waals surface area contributed by atoms with Gasteiger partial charge in [0.25, 0.3) is 0 Å². The van der Waals surface area contributed by atoms with Crippen LogP contribution in [-0.4, -0.2) is 52.3 Å². The van der Waals surface area contributed by atoms with E-state index in [0.717, 1.165) is 25.0 Å². The van der Waals surface area contributed by atoms with E-state index in [1.54, 1.807) is 11.2 Å². The predicted molar refractivity (Wildman–Crippen MR) is 103 cm³/mol. The monoisotopic (exact) mass is 387 g/mol. The Kier molecular flexibility index (Phi) is 3.80. The molecule has 6 nitrogen and oxygen atoms in total. The van der Waals surface area contributed by atoms with Crippen molar-refractivity contribution in [2.45, 2.75) is 38.3 Å². The van der Waals surface area contributed by atoms with Gasteiger partial charge in [-0.05, 0) is 37.2 Å².